The van der Waals surface area contributed by atoms with Gasteiger partial charge in [0, 0.05) is 26.2 Å². The number of fused-ring (bicyclic) bond motifs is 1. The molecule has 1 amide bonds. The number of nitrogens with two attached hydrogens (primary N) is 1. The fourth-order valence-corrected chi connectivity index (χ4v) is 1.89. The van der Waals surface area contributed by atoms with Crippen LogP contribution in [0, 0.1) is 0 Å². The summed E-state index contributed by atoms with van der Waals surface area (Å²) < 4.78 is 6.46. The van der Waals surface area contributed by atoms with Crippen LogP contribution in [0.2, 0.25) is 0 Å². The lowest BCUT2D eigenvalue weighted by Crippen LogP contribution is -2.26. The lowest BCUT2D eigenvalue weighted by atomic mass is 10.2. The van der Waals surface area contributed by atoms with Crippen LogP contribution in [0.1, 0.15) is 12.8 Å². The molecule has 19 heavy (non-hydrogen) atoms. The number of carbonyl (C=O) groups excluding carboxylic acids is 1. The van der Waals surface area contributed by atoms with Crippen LogP contribution < -0.4 is 16.4 Å². The minimum Gasteiger partial charge on any atom is -0.408 e. The number of nitrogens with zero attached hydrogens (tertiary/aromatic N) is 2. The van der Waals surface area contributed by atoms with Crippen molar-refractivity contribution in [3.63, 3.8) is 0 Å². The van der Waals surface area contributed by atoms with E-state index in [0.29, 0.717) is 30.5 Å². The smallest absolute Gasteiger partial charge is 0.408 e. The van der Waals surface area contributed by atoms with Crippen LogP contribution in [-0.4, -0.2) is 24.1 Å². The van der Waals surface area contributed by atoms with E-state index in [1.165, 1.54) is 4.57 Å². The van der Waals surface area contributed by atoms with E-state index in [9.17, 15) is 9.59 Å². The van der Waals surface area contributed by atoms with Gasteiger partial charge in [-0.2, -0.15) is 0 Å². The summed E-state index contributed by atoms with van der Waals surface area (Å²) in [5.41, 5.74) is 7.30. The number of hydrogen-bond donors (Lipinski definition) is 1. The SMILES string of the molecule is CN(C(=O)CCCN)c1ccc2oc(=O)n(C)c2c1. The molecule has 0 bridgehead atoms. The topological polar surface area (TPSA) is 81.5 Å². The highest BCUT2D eigenvalue weighted by Crippen LogP contribution is 2.21. The van der Waals surface area contributed by atoms with Crippen molar-refractivity contribution >= 4 is 22.7 Å². The molecule has 0 saturated carbocycles. The molecule has 0 aliphatic carbocycles. The minimum absolute atomic E-state index is 0.00158. The van der Waals surface area contributed by atoms with Crippen molar-refractivity contribution in [3.05, 3.63) is 28.7 Å². The zero-order chi connectivity index (χ0) is 14.0. The van der Waals surface area contributed by atoms with Crippen molar-refractivity contribution in [2.75, 3.05) is 18.5 Å². The lowest BCUT2D eigenvalue weighted by Gasteiger charge is -2.17. The summed E-state index contributed by atoms with van der Waals surface area (Å²) in [6, 6.07) is 5.21. The van der Waals surface area contributed by atoms with E-state index in [1.54, 1.807) is 37.2 Å². The monoisotopic (exact) mass is 263 g/mol. The molecule has 2 N–H and O–H groups in total. The molecule has 2 rings (SSSR count). The quantitative estimate of drug-likeness (QED) is 0.886. The van der Waals surface area contributed by atoms with Crippen molar-refractivity contribution in [2.24, 2.45) is 12.8 Å². The molecule has 0 fully saturated rings. The summed E-state index contributed by atoms with van der Waals surface area (Å²) in [7, 11) is 3.34. The van der Waals surface area contributed by atoms with E-state index in [0.717, 1.165) is 5.69 Å². The van der Waals surface area contributed by atoms with Crippen molar-refractivity contribution < 1.29 is 9.21 Å². The van der Waals surface area contributed by atoms with Crippen LogP contribution in [0.15, 0.2) is 27.4 Å². The van der Waals surface area contributed by atoms with Crippen LogP contribution in [0.25, 0.3) is 11.1 Å². The zero-order valence-corrected chi connectivity index (χ0v) is 11.0. The van der Waals surface area contributed by atoms with E-state index in [-0.39, 0.29) is 5.91 Å². The number of carbonyl (C=O) groups is 1. The Hall–Kier alpha value is -2.08. The minimum atomic E-state index is -0.413. The molecule has 6 heteroatoms. The Bertz CT molecular complexity index is 657. The summed E-state index contributed by atoms with van der Waals surface area (Å²) in [4.78, 5) is 24.9. The molecule has 0 aliphatic rings. The fraction of sp³-hybridized carbons (Fsp3) is 0.385. The Morgan fingerprint density at radius 1 is 1.47 bits per heavy atom. The highest BCUT2D eigenvalue weighted by Gasteiger charge is 2.13. The van der Waals surface area contributed by atoms with Crippen molar-refractivity contribution in [3.8, 4) is 0 Å². The van der Waals surface area contributed by atoms with Gasteiger partial charge in [-0.05, 0) is 31.2 Å². The second-order valence-corrected chi connectivity index (χ2v) is 4.42. The molecule has 1 heterocycles. The molecule has 0 atom stereocenters. The van der Waals surface area contributed by atoms with Gasteiger partial charge in [0.2, 0.25) is 5.91 Å². The second kappa shape index (κ2) is 5.27. The molecule has 0 spiro atoms. The predicted octanol–water partition coefficient (Wildman–Crippen LogP) is 0.833. The van der Waals surface area contributed by atoms with E-state index in [4.69, 9.17) is 10.2 Å². The van der Waals surface area contributed by atoms with Crippen LogP contribution in [0.4, 0.5) is 5.69 Å². The third-order valence-electron chi connectivity index (χ3n) is 3.13. The fourth-order valence-electron chi connectivity index (χ4n) is 1.89. The molecule has 2 aromatic rings. The first-order valence-electron chi connectivity index (χ1n) is 6.11. The zero-order valence-electron chi connectivity index (χ0n) is 11.0. The molecule has 102 valence electrons. The molecule has 1 aromatic carbocycles. The van der Waals surface area contributed by atoms with Gasteiger partial charge in [0.05, 0.1) is 5.52 Å². The molecule has 0 aliphatic heterocycles. The number of anilines is 1. The van der Waals surface area contributed by atoms with Crippen LogP contribution >= 0.6 is 0 Å². The van der Waals surface area contributed by atoms with Gasteiger partial charge in [0.1, 0.15) is 0 Å². The summed E-state index contributed by atoms with van der Waals surface area (Å²) >= 11 is 0. The molecule has 0 radical (unpaired) electrons. The maximum absolute atomic E-state index is 11.9. The van der Waals surface area contributed by atoms with Crippen molar-refractivity contribution in [1.29, 1.82) is 0 Å². The Labute approximate surface area is 110 Å². The van der Waals surface area contributed by atoms with Gasteiger partial charge in [-0.1, -0.05) is 0 Å². The van der Waals surface area contributed by atoms with Crippen LogP contribution in [0.5, 0.6) is 0 Å². The number of oxazole rings is 1. The highest BCUT2D eigenvalue weighted by molar-refractivity contribution is 5.94. The summed E-state index contributed by atoms with van der Waals surface area (Å²) in [5.74, 6) is -0.414. The highest BCUT2D eigenvalue weighted by atomic mass is 16.4. The van der Waals surface area contributed by atoms with E-state index < -0.39 is 5.76 Å². The normalized spacial score (nSPS) is 10.9. The summed E-state index contributed by atoms with van der Waals surface area (Å²) in [6.45, 7) is 0.495. The second-order valence-electron chi connectivity index (χ2n) is 4.42. The Morgan fingerprint density at radius 3 is 2.89 bits per heavy atom. The standard InChI is InChI=1S/C13H17N3O3/c1-15(12(17)4-3-7-14)9-5-6-11-10(8-9)16(2)13(18)19-11/h5-6,8H,3-4,7,14H2,1-2H3. The van der Waals surface area contributed by atoms with Gasteiger partial charge in [-0.3, -0.25) is 9.36 Å². The van der Waals surface area contributed by atoms with Gasteiger partial charge in [0.15, 0.2) is 5.58 Å². The molecule has 0 unspecified atom stereocenters. The number of benzene rings is 1. The Kier molecular flexibility index (Phi) is 3.71. The van der Waals surface area contributed by atoms with Crippen LogP contribution in [0.3, 0.4) is 0 Å². The average Bonchev–Trinajstić information content (AvgIpc) is 2.70. The van der Waals surface area contributed by atoms with Gasteiger partial charge < -0.3 is 15.1 Å². The third kappa shape index (κ3) is 2.53. The first-order valence-corrected chi connectivity index (χ1v) is 6.11. The molecule has 6 nitrogen and oxygen atoms in total. The maximum atomic E-state index is 11.9. The van der Waals surface area contributed by atoms with E-state index in [1.807, 2.05) is 0 Å². The van der Waals surface area contributed by atoms with E-state index >= 15 is 0 Å². The largest absolute Gasteiger partial charge is 0.419 e. The molecular formula is C13H17N3O3. The Balaban J connectivity index is 2.32. The lowest BCUT2D eigenvalue weighted by molar-refractivity contribution is -0.118. The predicted molar refractivity (Wildman–Crippen MR) is 73.2 cm³/mol. The van der Waals surface area contributed by atoms with E-state index in [2.05, 4.69) is 0 Å². The van der Waals surface area contributed by atoms with Gasteiger partial charge >= 0.3 is 5.76 Å². The number of rotatable bonds is 4. The van der Waals surface area contributed by atoms with Gasteiger partial charge in [0.25, 0.3) is 0 Å². The average molecular weight is 263 g/mol. The summed E-state index contributed by atoms with van der Waals surface area (Å²) in [5, 5.41) is 0. The summed E-state index contributed by atoms with van der Waals surface area (Å²) in [6.07, 6.45) is 1.07. The van der Waals surface area contributed by atoms with Gasteiger partial charge in [-0.15, -0.1) is 0 Å². The number of hydrogen-bond acceptors (Lipinski definition) is 4. The number of amides is 1. The van der Waals surface area contributed by atoms with Crippen LogP contribution in [-0.2, 0) is 11.8 Å². The van der Waals surface area contributed by atoms with Crippen molar-refractivity contribution in [2.45, 2.75) is 12.8 Å². The molecular weight excluding hydrogens is 246 g/mol. The first kappa shape index (κ1) is 13.4. The molecule has 1 aromatic heterocycles. The Morgan fingerprint density at radius 2 is 2.21 bits per heavy atom. The first-order chi connectivity index (χ1) is 9.04. The van der Waals surface area contributed by atoms with Crippen molar-refractivity contribution in [1.82, 2.24) is 4.57 Å². The number of aromatic nitrogens is 1. The maximum Gasteiger partial charge on any atom is 0.419 e. The number of aryl methyl sites for hydroxylation is 1. The third-order valence-corrected chi connectivity index (χ3v) is 3.13. The van der Waals surface area contributed by atoms with Gasteiger partial charge in [-0.25, -0.2) is 4.79 Å². The molecule has 0 saturated heterocycles.